The molecule has 1 aromatic carbocycles. The summed E-state index contributed by atoms with van der Waals surface area (Å²) in [5.74, 6) is 0.532. The molecule has 25 heavy (non-hydrogen) atoms. The maximum Gasteiger partial charge on any atom is 0.315 e. The Morgan fingerprint density at radius 2 is 2.20 bits per heavy atom. The lowest BCUT2D eigenvalue weighted by Gasteiger charge is -2.16. The number of hydrogen-bond donors (Lipinski definition) is 2. The zero-order chi connectivity index (χ0) is 17.6. The highest BCUT2D eigenvalue weighted by Gasteiger charge is 2.10. The summed E-state index contributed by atoms with van der Waals surface area (Å²) in [4.78, 5) is 20.6. The van der Waals surface area contributed by atoms with Crippen LogP contribution in [0.3, 0.4) is 0 Å². The number of rotatable bonds is 6. The number of nitrogens with one attached hydrogen (secondary N) is 2. The maximum absolute atomic E-state index is 12.2. The Kier molecular flexibility index (Phi) is 5.13. The molecule has 0 radical (unpaired) electrons. The van der Waals surface area contributed by atoms with Gasteiger partial charge in [0.25, 0.3) is 0 Å². The lowest BCUT2D eigenvalue weighted by molar-refractivity contribution is 0.236. The molecule has 0 fully saturated rings. The molecule has 130 valence electrons. The van der Waals surface area contributed by atoms with E-state index >= 15 is 0 Å². The number of ether oxygens (including phenoxy) is 1. The highest BCUT2D eigenvalue weighted by atomic mass is 16.5. The molecule has 0 aliphatic heterocycles. The third-order valence-corrected chi connectivity index (χ3v) is 3.85. The van der Waals surface area contributed by atoms with Crippen LogP contribution in [-0.2, 0) is 13.1 Å². The first-order valence-electron chi connectivity index (χ1n) is 8.08. The molecule has 0 unspecified atom stereocenters. The van der Waals surface area contributed by atoms with Crippen molar-refractivity contribution in [3.8, 4) is 5.88 Å². The first-order valence-corrected chi connectivity index (χ1v) is 8.08. The van der Waals surface area contributed by atoms with E-state index in [2.05, 4.69) is 20.6 Å². The fraction of sp³-hybridized carbons (Fsp3) is 0.278. The van der Waals surface area contributed by atoms with Crippen LogP contribution >= 0.6 is 0 Å². The smallest absolute Gasteiger partial charge is 0.315 e. The standard InChI is InChI=1S/C18H21N5O2/c1-13(11-23-8-7-19-12-23)21-18(24)20-10-14-9-17(25-2)22-16-6-4-3-5-15(14)16/h3-9,12-13H,10-11H2,1-2H3,(H2,20,21,24)/t13-/m0/s1. The zero-order valence-corrected chi connectivity index (χ0v) is 14.3. The van der Waals surface area contributed by atoms with Gasteiger partial charge in [0.1, 0.15) is 0 Å². The zero-order valence-electron chi connectivity index (χ0n) is 14.3. The molecule has 2 aromatic heterocycles. The summed E-state index contributed by atoms with van der Waals surface area (Å²) in [7, 11) is 1.58. The largest absolute Gasteiger partial charge is 0.481 e. The lowest BCUT2D eigenvalue weighted by atomic mass is 10.1. The van der Waals surface area contributed by atoms with Crippen molar-refractivity contribution in [1.82, 2.24) is 25.2 Å². The van der Waals surface area contributed by atoms with E-state index in [1.54, 1.807) is 19.6 Å². The van der Waals surface area contributed by atoms with Crippen LogP contribution in [-0.4, -0.2) is 33.7 Å². The molecule has 2 N–H and O–H groups in total. The average molecular weight is 339 g/mol. The van der Waals surface area contributed by atoms with Gasteiger partial charge >= 0.3 is 6.03 Å². The topological polar surface area (TPSA) is 81.1 Å². The fourth-order valence-electron chi connectivity index (χ4n) is 2.68. The highest BCUT2D eigenvalue weighted by molar-refractivity contribution is 5.83. The summed E-state index contributed by atoms with van der Waals surface area (Å²) < 4.78 is 7.17. The van der Waals surface area contributed by atoms with Crippen LogP contribution in [0.2, 0.25) is 0 Å². The summed E-state index contributed by atoms with van der Waals surface area (Å²) in [5.41, 5.74) is 1.80. The van der Waals surface area contributed by atoms with Crippen LogP contribution in [0.25, 0.3) is 10.9 Å². The number of hydrogen-bond acceptors (Lipinski definition) is 4. The Morgan fingerprint density at radius 3 is 2.96 bits per heavy atom. The third kappa shape index (κ3) is 4.26. The van der Waals surface area contributed by atoms with Gasteiger partial charge in [-0.3, -0.25) is 0 Å². The van der Waals surface area contributed by atoms with Crippen LogP contribution < -0.4 is 15.4 Å². The van der Waals surface area contributed by atoms with Crippen LogP contribution in [0, 0.1) is 0 Å². The van der Waals surface area contributed by atoms with Crippen molar-refractivity contribution < 1.29 is 9.53 Å². The van der Waals surface area contributed by atoms with E-state index in [-0.39, 0.29) is 12.1 Å². The first kappa shape index (κ1) is 16.8. The Balaban J connectivity index is 1.62. The minimum atomic E-state index is -0.215. The van der Waals surface area contributed by atoms with Gasteiger partial charge in [-0.25, -0.2) is 14.8 Å². The van der Waals surface area contributed by atoms with Crippen LogP contribution in [0.5, 0.6) is 5.88 Å². The van der Waals surface area contributed by atoms with Crippen molar-refractivity contribution >= 4 is 16.9 Å². The maximum atomic E-state index is 12.2. The van der Waals surface area contributed by atoms with Gasteiger partial charge in [-0.1, -0.05) is 18.2 Å². The molecule has 3 aromatic rings. The van der Waals surface area contributed by atoms with E-state index in [4.69, 9.17) is 4.74 Å². The van der Waals surface area contributed by atoms with Gasteiger partial charge in [-0.15, -0.1) is 0 Å². The number of amides is 2. The number of nitrogens with zero attached hydrogens (tertiary/aromatic N) is 3. The van der Waals surface area contributed by atoms with E-state index < -0.39 is 0 Å². The van der Waals surface area contributed by atoms with Crippen molar-refractivity contribution in [3.05, 3.63) is 54.6 Å². The molecule has 2 amide bonds. The quantitative estimate of drug-likeness (QED) is 0.722. The highest BCUT2D eigenvalue weighted by Crippen LogP contribution is 2.21. The van der Waals surface area contributed by atoms with Gasteiger partial charge in [-0.05, 0) is 18.6 Å². The van der Waals surface area contributed by atoms with Gasteiger partial charge < -0.3 is 19.9 Å². The summed E-state index contributed by atoms with van der Waals surface area (Å²) in [6, 6.07) is 9.40. The van der Waals surface area contributed by atoms with Crippen molar-refractivity contribution in [1.29, 1.82) is 0 Å². The van der Waals surface area contributed by atoms with Gasteiger partial charge in [0.2, 0.25) is 5.88 Å². The number of carbonyl (C=O) groups is 1. The second-order valence-electron chi connectivity index (χ2n) is 5.83. The van der Waals surface area contributed by atoms with Crippen molar-refractivity contribution in [3.63, 3.8) is 0 Å². The molecule has 7 heteroatoms. The number of benzene rings is 1. The lowest BCUT2D eigenvalue weighted by Crippen LogP contribution is -2.42. The number of imidazole rings is 1. The van der Waals surface area contributed by atoms with Gasteiger partial charge in [0.15, 0.2) is 0 Å². The minimum Gasteiger partial charge on any atom is -0.481 e. The predicted molar refractivity (Wildman–Crippen MR) is 95.4 cm³/mol. The van der Waals surface area contributed by atoms with E-state index in [1.807, 2.05) is 48.0 Å². The number of fused-ring (bicyclic) bond motifs is 1. The normalized spacial score (nSPS) is 11.9. The monoisotopic (exact) mass is 339 g/mol. The second-order valence-corrected chi connectivity index (χ2v) is 5.83. The summed E-state index contributed by atoms with van der Waals surface area (Å²) in [5, 5.41) is 6.81. The average Bonchev–Trinajstić information content (AvgIpc) is 3.12. The van der Waals surface area contributed by atoms with Gasteiger partial charge in [0.05, 0.1) is 19.0 Å². The Labute approximate surface area is 146 Å². The molecule has 1 atom stereocenters. The first-order chi connectivity index (χ1) is 12.2. The molecule has 0 saturated carbocycles. The number of methoxy groups -OCH3 is 1. The molecule has 2 heterocycles. The molecule has 0 bridgehead atoms. The predicted octanol–water partition coefficient (Wildman–Crippen LogP) is 2.33. The van der Waals surface area contributed by atoms with E-state index in [0.29, 0.717) is 19.0 Å². The summed E-state index contributed by atoms with van der Waals surface area (Å²) >= 11 is 0. The SMILES string of the molecule is COc1cc(CNC(=O)N[C@@H](C)Cn2ccnc2)c2ccccc2n1. The van der Waals surface area contributed by atoms with Crippen LogP contribution in [0.1, 0.15) is 12.5 Å². The van der Waals surface area contributed by atoms with E-state index in [1.165, 1.54) is 0 Å². The Hall–Kier alpha value is -3.09. The molecule has 7 nitrogen and oxygen atoms in total. The molecule has 3 rings (SSSR count). The Bertz CT molecular complexity index is 848. The van der Waals surface area contributed by atoms with Crippen LogP contribution in [0.4, 0.5) is 4.79 Å². The molecule has 0 spiro atoms. The fourth-order valence-corrected chi connectivity index (χ4v) is 2.68. The number of para-hydroxylation sites is 1. The molecule has 0 aliphatic carbocycles. The van der Waals surface area contributed by atoms with Crippen molar-refractivity contribution in [2.75, 3.05) is 7.11 Å². The summed E-state index contributed by atoms with van der Waals surface area (Å²) in [6.07, 6.45) is 5.31. The van der Waals surface area contributed by atoms with E-state index in [9.17, 15) is 4.79 Å². The molecule has 0 aliphatic rings. The van der Waals surface area contributed by atoms with Crippen molar-refractivity contribution in [2.45, 2.75) is 26.1 Å². The van der Waals surface area contributed by atoms with Gasteiger partial charge in [-0.2, -0.15) is 0 Å². The number of aromatic nitrogens is 3. The second kappa shape index (κ2) is 7.65. The molecular weight excluding hydrogens is 318 g/mol. The molecule has 0 saturated heterocycles. The van der Waals surface area contributed by atoms with Crippen LogP contribution in [0.15, 0.2) is 49.1 Å². The summed E-state index contributed by atoms with van der Waals surface area (Å²) in [6.45, 7) is 3.01. The third-order valence-electron chi connectivity index (χ3n) is 3.85. The van der Waals surface area contributed by atoms with E-state index in [0.717, 1.165) is 16.5 Å². The minimum absolute atomic E-state index is 0.0158. The Morgan fingerprint density at radius 1 is 1.36 bits per heavy atom. The number of urea groups is 1. The molecular formula is C18H21N5O2. The number of pyridine rings is 1. The van der Waals surface area contributed by atoms with Crippen molar-refractivity contribution in [2.24, 2.45) is 0 Å². The number of carbonyl (C=O) groups excluding carboxylic acids is 1. The van der Waals surface area contributed by atoms with Gasteiger partial charge in [0, 0.05) is 43.0 Å².